The molecule has 0 aliphatic rings. The maximum Gasteiger partial charge on any atom is 0.228 e. The van der Waals surface area contributed by atoms with Gasteiger partial charge in [0.2, 0.25) is 5.91 Å². The van der Waals surface area contributed by atoms with Crippen LogP contribution < -0.4 is 5.32 Å². The predicted octanol–water partition coefficient (Wildman–Crippen LogP) is 0.712. The second-order valence-corrected chi connectivity index (χ2v) is 4.59. The van der Waals surface area contributed by atoms with Crippen LogP contribution in [0, 0.1) is 11.8 Å². The first-order valence-corrected chi connectivity index (χ1v) is 6.42. The van der Waals surface area contributed by atoms with Gasteiger partial charge in [-0.15, -0.1) is 0 Å². The first-order valence-electron chi connectivity index (χ1n) is 5.61. The number of hydrogen-bond acceptors (Lipinski definition) is 5. The van der Waals surface area contributed by atoms with Crippen molar-refractivity contribution in [3.63, 3.8) is 0 Å². The van der Waals surface area contributed by atoms with Crippen molar-refractivity contribution in [3.8, 4) is 11.8 Å². The molecular weight excluding hydrogens is 264 g/mol. The molecule has 2 heterocycles. The Kier molecular flexibility index (Phi) is 4.66. The molecule has 0 unspecified atom stereocenters. The summed E-state index contributed by atoms with van der Waals surface area (Å²) in [5.41, 5.74) is 0. The zero-order valence-corrected chi connectivity index (χ0v) is 10.9. The summed E-state index contributed by atoms with van der Waals surface area (Å²) >= 11 is 1.27. The topological polar surface area (TPSA) is 80.0 Å². The molecule has 0 saturated heterocycles. The Morgan fingerprint density at radius 2 is 2.47 bits per heavy atom. The number of aliphatic hydroxyl groups is 1. The van der Waals surface area contributed by atoms with E-state index in [1.54, 1.807) is 23.3 Å². The van der Waals surface area contributed by atoms with Gasteiger partial charge in [-0.1, -0.05) is 23.2 Å². The minimum Gasteiger partial charge on any atom is -0.384 e. The van der Waals surface area contributed by atoms with Crippen molar-refractivity contribution in [1.82, 2.24) is 14.8 Å². The highest BCUT2D eigenvalue weighted by molar-refractivity contribution is 7.16. The molecule has 0 fully saturated rings. The monoisotopic (exact) mass is 276 g/mol. The van der Waals surface area contributed by atoms with Crippen molar-refractivity contribution in [2.24, 2.45) is 0 Å². The standard InChI is InChI=1S/C12H12N4O2S/c17-8-1-3-10-9-13-12(19-10)15-11(18)4-7-16-6-2-5-14-16/h2,5-6,9,17H,4,7-8H2,(H,13,15,18). The number of nitrogens with one attached hydrogen (secondary N) is 1. The zero-order chi connectivity index (χ0) is 13.5. The molecule has 0 aliphatic carbocycles. The number of nitrogens with zero attached hydrogens (tertiary/aromatic N) is 3. The summed E-state index contributed by atoms with van der Waals surface area (Å²) in [7, 11) is 0. The summed E-state index contributed by atoms with van der Waals surface area (Å²) in [6, 6.07) is 1.81. The van der Waals surface area contributed by atoms with E-state index in [4.69, 9.17) is 5.11 Å². The normalized spacial score (nSPS) is 9.74. The summed E-state index contributed by atoms with van der Waals surface area (Å²) in [5.74, 6) is 5.14. The van der Waals surface area contributed by atoms with E-state index >= 15 is 0 Å². The van der Waals surface area contributed by atoms with E-state index in [2.05, 4.69) is 27.2 Å². The zero-order valence-electron chi connectivity index (χ0n) is 10.0. The van der Waals surface area contributed by atoms with Gasteiger partial charge in [0.25, 0.3) is 0 Å². The van der Waals surface area contributed by atoms with E-state index in [0.717, 1.165) is 0 Å². The van der Waals surface area contributed by atoms with Crippen LogP contribution in [0.25, 0.3) is 0 Å². The third-order valence-electron chi connectivity index (χ3n) is 2.17. The van der Waals surface area contributed by atoms with Crippen molar-refractivity contribution >= 4 is 22.4 Å². The van der Waals surface area contributed by atoms with Gasteiger partial charge in [-0.05, 0) is 6.07 Å². The number of rotatable bonds is 4. The average Bonchev–Trinajstić information content (AvgIpc) is 3.05. The Labute approximate surface area is 114 Å². The first-order chi connectivity index (χ1) is 9.28. The fourth-order valence-electron chi connectivity index (χ4n) is 1.35. The quantitative estimate of drug-likeness (QED) is 0.806. The molecule has 0 saturated carbocycles. The van der Waals surface area contributed by atoms with Gasteiger partial charge in [0.05, 0.1) is 11.1 Å². The molecule has 2 rings (SSSR count). The second kappa shape index (κ2) is 6.68. The van der Waals surface area contributed by atoms with Gasteiger partial charge in [-0.3, -0.25) is 9.48 Å². The fraction of sp³-hybridized carbons (Fsp3) is 0.250. The lowest BCUT2D eigenvalue weighted by molar-refractivity contribution is -0.116. The molecule has 7 heteroatoms. The fourth-order valence-corrected chi connectivity index (χ4v) is 2.05. The molecule has 0 aliphatic heterocycles. The molecule has 2 N–H and O–H groups in total. The van der Waals surface area contributed by atoms with E-state index in [0.29, 0.717) is 23.0 Å². The van der Waals surface area contributed by atoms with Crippen LogP contribution in [-0.4, -0.2) is 32.4 Å². The van der Waals surface area contributed by atoms with Gasteiger partial charge in [0.15, 0.2) is 5.13 Å². The maximum atomic E-state index is 11.7. The van der Waals surface area contributed by atoms with E-state index < -0.39 is 0 Å². The molecule has 98 valence electrons. The van der Waals surface area contributed by atoms with Gasteiger partial charge < -0.3 is 10.4 Å². The minimum atomic E-state index is -0.191. The van der Waals surface area contributed by atoms with E-state index in [9.17, 15) is 4.79 Å². The lowest BCUT2D eigenvalue weighted by atomic mass is 10.4. The third kappa shape index (κ3) is 4.21. The number of aliphatic hydroxyl groups excluding tert-OH is 1. The lowest BCUT2D eigenvalue weighted by Gasteiger charge is -2.01. The number of thiazole rings is 1. The molecule has 2 aromatic heterocycles. The number of aromatic nitrogens is 3. The highest BCUT2D eigenvalue weighted by Crippen LogP contribution is 2.17. The summed E-state index contributed by atoms with van der Waals surface area (Å²) in [4.78, 5) is 16.4. The van der Waals surface area contributed by atoms with Crippen LogP contribution >= 0.6 is 11.3 Å². The SMILES string of the molecule is O=C(CCn1cccn1)Nc1ncc(C#CCO)s1. The highest BCUT2D eigenvalue weighted by atomic mass is 32.1. The van der Waals surface area contributed by atoms with Crippen LogP contribution in [0.2, 0.25) is 0 Å². The second-order valence-electron chi connectivity index (χ2n) is 3.56. The van der Waals surface area contributed by atoms with Crippen LogP contribution in [0.15, 0.2) is 24.7 Å². The maximum absolute atomic E-state index is 11.7. The van der Waals surface area contributed by atoms with Gasteiger partial charge in [0.1, 0.15) is 6.61 Å². The van der Waals surface area contributed by atoms with Crippen LogP contribution in [0.1, 0.15) is 11.3 Å². The van der Waals surface area contributed by atoms with Crippen LogP contribution in [0.5, 0.6) is 0 Å². The van der Waals surface area contributed by atoms with Gasteiger partial charge in [-0.25, -0.2) is 4.98 Å². The number of amides is 1. The van der Waals surface area contributed by atoms with Crippen molar-refractivity contribution in [2.45, 2.75) is 13.0 Å². The van der Waals surface area contributed by atoms with Gasteiger partial charge >= 0.3 is 0 Å². The van der Waals surface area contributed by atoms with E-state index in [1.807, 2.05) is 6.07 Å². The highest BCUT2D eigenvalue weighted by Gasteiger charge is 2.06. The summed E-state index contributed by atoms with van der Waals surface area (Å²) in [6.07, 6.45) is 5.37. The van der Waals surface area contributed by atoms with Crippen LogP contribution in [0.4, 0.5) is 5.13 Å². The minimum absolute atomic E-state index is 0.119. The first kappa shape index (κ1) is 13.3. The number of anilines is 1. The van der Waals surface area contributed by atoms with Crippen molar-refractivity contribution in [3.05, 3.63) is 29.5 Å². The summed E-state index contributed by atoms with van der Waals surface area (Å²) in [5, 5.41) is 15.8. The third-order valence-corrected chi connectivity index (χ3v) is 3.00. The Bertz CT molecular complexity index is 595. The molecular formula is C12H12N4O2S. The summed E-state index contributed by atoms with van der Waals surface area (Å²) < 4.78 is 1.69. The number of aryl methyl sites for hydroxylation is 1. The Morgan fingerprint density at radius 3 is 3.21 bits per heavy atom. The Morgan fingerprint density at radius 1 is 1.58 bits per heavy atom. The molecule has 1 amide bonds. The van der Waals surface area contributed by atoms with Crippen LogP contribution in [-0.2, 0) is 11.3 Å². The van der Waals surface area contributed by atoms with Gasteiger partial charge in [-0.2, -0.15) is 5.10 Å². The molecule has 19 heavy (non-hydrogen) atoms. The van der Waals surface area contributed by atoms with Gasteiger partial charge in [0, 0.05) is 25.4 Å². The average molecular weight is 276 g/mol. The van der Waals surface area contributed by atoms with Crippen molar-refractivity contribution in [2.75, 3.05) is 11.9 Å². The van der Waals surface area contributed by atoms with Crippen molar-refractivity contribution in [1.29, 1.82) is 0 Å². The van der Waals surface area contributed by atoms with Crippen LogP contribution in [0.3, 0.4) is 0 Å². The Hall–Kier alpha value is -2.17. The number of hydrogen-bond donors (Lipinski definition) is 2. The molecule has 0 spiro atoms. The lowest BCUT2D eigenvalue weighted by Crippen LogP contribution is -2.14. The molecule has 0 radical (unpaired) electrons. The largest absolute Gasteiger partial charge is 0.384 e. The van der Waals surface area contributed by atoms with Crippen molar-refractivity contribution < 1.29 is 9.90 Å². The molecule has 0 atom stereocenters. The molecule has 2 aromatic rings. The summed E-state index contributed by atoms with van der Waals surface area (Å²) in [6.45, 7) is 0.338. The number of carbonyl (C=O) groups is 1. The molecule has 0 aromatic carbocycles. The van der Waals surface area contributed by atoms with E-state index in [-0.39, 0.29) is 12.5 Å². The molecule has 0 bridgehead atoms. The molecule has 6 nitrogen and oxygen atoms in total. The van der Waals surface area contributed by atoms with E-state index in [1.165, 1.54) is 11.3 Å². The Balaban J connectivity index is 1.83. The predicted molar refractivity (Wildman–Crippen MR) is 71.6 cm³/mol. The smallest absolute Gasteiger partial charge is 0.228 e. The number of carbonyl (C=O) groups excluding carboxylic acids is 1.